The molecule has 2 aliphatic rings. The number of fused-ring (bicyclic) bond motifs is 10. The highest BCUT2D eigenvalue weighted by atomic mass is 15.2. The van der Waals surface area contributed by atoms with Crippen molar-refractivity contribution in [2.75, 3.05) is 4.90 Å². The molecule has 8 aromatic carbocycles. The van der Waals surface area contributed by atoms with Crippen molar-refractivity contribution in [1.82, 2.24) is 9.55 Å². The first kappa shape index (κ1) is 29.7. The molecule has 53 heavy (non-hydrogen) atoms. The summed E-state index contributed by atoms with van der Waals surface area (Å²) < 4.78 is 2.26. The van der Waals surface area contributed by atoms with Gasteiger partial charge in [-0.1, -0.05) is 146 Å². The molecule has 0 fully saturated rings. The van der Waals surface area contributed by atoms with Crippen molar-refractivity contribution in [1.29, 1.82) is 0 Å². The lowest BCUT2D eigenvalue weighted by Crippen LogP contribution is -2.36. The number of benzene rings is 8. The smallest absolute Gasteiger partial charge is 0.145 e. The molecule has 3 heteroatoms. The zero-order chi connectivity index (χ0) is 34.9. The van der Waals surface area contributed by atoms with E-state index in [0.717, 1.165) is 33.8 Å². The second kappa shape index (κ2) is 11.5. The molecule has 0 saturated heterocycles. The number of nitrogens with zero attached hydrogens (tertiary/aromatic N) is 3. The molecule has 0 bridgehead atoms. The topological polar surface area (TPSA) is 21.1 Å². The Balaban J connectivity index is 1.07. The molecule has 0 amide bonds. The summed E-state index contributed by atoms with van der Waals surface area (Å²) in [5.74, 6) is 0.938. The Morgan fingerprint density at radius 1 is 0.377 bits per heavy atom. The molecule has 248 valence electrons. The van der Waals surface area contributed by atoms with Crippen LogP contribution in [0.1, 0.15) is 22.3 Å². The summed E-state index contributed by atoms with van der Waals surface area (Å²) in [7, 11) is 0. The minimum absolute atomic E-state index is 0.455. The van der Waals surface area contributed by atoms with Crippen molar-refractivity contribution in [3.05, 3.63) is 222 Å². The summed E-state index contributed by atoms with van der Waals surface area (Å²) in [4.78, 5) is 7.53. The number of hydrogen-bond acceptors (Lipinski definition) is 2. The average Bonchev–Trinajstić information content (AvgIpc) is 3.76. The largest absolute Gasteiger partial charge is 0.310 e. The maximum Gasteiger partial charge on any atom is 0.145 e. The lowest BCUT2D eigenvalue weighted by molar-refractivity contribution is 0.753. The quantitative estimate of drug-likeness (QED) is 0.185. The van der Waals surface area contributed by atoms with Gasteiger partial charge >= 0.3 is 0 Å². The summed E-state index contributed by atoms with van der Waals surface area (Å²) in [6, 6.07) is 72.6. The molecule has 3 nitrogen and oxygen atoms in total. The van der Waals surface area contributed by atoms with Crippen LogP contribution in [0.4, 0.5) is 17.1 Å². The van der Waals surface area contributed by atoms with E-state index in [0.29, 0.717) is 0 Å². The van der Waals surface area contributed by atoms with Gasteiger partial charge in [0.05, 0.1) is 27.8 Å². The van der Waals surface area contributed by atoms with E-state index in [1.54, 1.807) is 0 Å². The minimum Gasteiger partial charge on any atom is -0.310 e. The van der Waals surface area contributed by atoms with E-state index in [2.05, 4.69) is 210 Å². The number of anilines is 3. The molecule has 9 aromatic rings. The lowest BCUT2D eigenvalue weighted by atomic mass is 9.64. The van der Waals surface area contributed by atoms with Crippen LogP contribution in [0, 0.1) is 0 Å². The number of rotatable bonds is 4. The molecule has 1 aliphatic heterocycles. The predicted molar refractivity (Wildman–Crippen MR) is 217 cm³/mol. The Morgan fingerprint density at radius 2 is 0.906 bits per heavy atom. The molecular formula is C50H33N3. The van der Waals surface area contributed by atoms with E-state index in [1.807, 2.05) is 0 Å². The summed E-state index contributed by atoms with van der Waals surface area (Å²) in [5.41, 5.74) is 17.6. The van der Waals surface area contributed by atoms with Gasteiger partial charge in [-0.05, 0) is 99.1 Å². The SMILES string of the molecule is c1ccc(N2c3ccccc3C3(c4ccccc4-c4cc(-c5ccc(-c6nc7ccccc7n6-c6ccccc6)cc5)ccc43)c3ccccc32)cc1. The molecule has 2 heterocycles. The second-order valence-electron chi connectivity index (χ2n) is 13.9. The third-order valence-electron chi connectivity index (χ3n) is 11.2. The van der Waals surface area contributed by atoms with Gasteiger partial charge in [0.15, 0.2) is 0 Å². The van der Waals surface area contributed by atoms with Crippen LogP contribution < -0.4 is 4.90 Å². The molecule has 0 atom stereocenters. The molecule has 0 saturated carbocycles. The number of aromatic nitrogens is 2. The molecule has 0 radical (unpaired) electrons. The predicted octanol–water partition coefficient (Wildman–Crippen LogP) is 12.5. The van der Waals surface area contributed by atoms with E-state index in [4.69, 9.17) is 4.98 Å². The van der Waals surface area contributed by atoms with Gasteiger partial charge < -0.3 is 4.90 Å². The van der Waals surface area contributed by atoms with Crippen LogP contribution in [0.2, 0.25) is 0 Å². The van der Waals surface area contributed by atoms with Crippen LogP contribution in [-0.4, -0.2) is 9.55 Å². The fourth-order valence-electron chi connectivity index (χ4n) is 9.02. The maximum atomic E-state index is 5.10. The zero-order valence-corrected chi connectivity index (χ0v) is 28.9. The Bertz CT molecular complexity index is 2790. The van der Waals surface area contributed by atoms with Crippen LogP contribution in [0.5, 0.6) is 0 Å². The molecule has 11 rings (SSSR count). The standard InChI is InChI=1S/C50H33N3/c1-3-15-37(16-4-1)52-46-24-12-9-21-43(46)50(44-22-10-13-25-47(44)52)41-20-8-7-19-39(41)40-33-36(31-32-42(40)50)34-27-29-35(30-28-34)49-51-45-23-11-14-26-48(45)53(49)38-17-5-2-6-18-38/h1-33H. The van der Waals surface area contributed by atoms with Gasteiger partial charge in [0, 0.05) is 16.9 Å². The lowest BCUT2D eigenvalue weighted by Gasteiger charge is -2.45. The van der Waals surface area contributed by atoms with Gasteiger partial charge in [0.25, 0.3) is 0 Å². The van der Waals surface area contributed by atoms with Crippen molar-refractivity contribution < 1.29 is 0 Å². The van der Waals surface area contributed by atoms with Gasteiger partial charge in [0.2, 0.25) is 0 Å². The summed E-state index contributed by atoms with van der Waals surface area (Å²) in [6.07, 6.45) is 0. The van der Waals surface area contributed by atoms with Crippen molar-refractivity contribution >= 4 is 28.1 Å². The van der Waals surface area contributed by atoms with Gasteiger partial charge in [-0.15, -0.1) is 0 Å². The van der Waals surface area contributed by atoms with Gasteiger partial charge in [-0.3, -0.25) is 4.57 Å². The summed E-state index contributed by atoms with van der Waals surface area (Å²) >= 11 is 0. The summed E-state index contributed by atoms with van der Waals surface area (Å²) in [5, 5.41) is 0. The number of hydrogen-bond donors (Lipinski definition) is 0. The summed E-state index contributed by atoms with van der Waals surface area (Å²) in [6.45, 7) is 0. The molecule has 1 spiro atoms. The van der Waals surface area contributed by atoms with Crippen molar-refractivity contribution in [3.8, 4) is 39.3 Å². The van der Waals surface area contributed by atoms with Crippen LogP contribution in [0.3, 0.4) is 0 Å². The first-order valence-electron chi connectivity index (χ1n) is 18.2. The first-order chi connectivity index (χ1) is 26.3. The highest BCUT2D eigenvalue weighted by Gasteiger charge is 2.51. The Kier molecular flexibility index (Phi) is 6.47. The maximum absolute atomic E-state index is 5.10. The Morgan fingerprint density at radius 3 is 1.62 bits per heavy atom. The normalized spacial score (nSPS) is 13.4. The fraction of sp³-hybridized carbons (Fsp3) is 0.0200. The fourth-order valence-corrected chi connectivity index (χ4v) is 9.02. The van der Waals surface area contributed by atoms with Crippen molar-refractivity contribution in [2.45, 2.75) is 5.41 Å². The Hall–Kier alpha value is -6.97. The highest BCUT2D eigenvalue weighted by molar-refractivity contribution is 5.96. The van der Waals surface area contributed by atoms with Gasteiger partial charge in [-0.25, -0.2) is 4.98 Å². The monoisotopic (exact) mass is 675 g/mol. The zero-order valence-electron chi connectivity index (χ0n) is 28.9. The number of imidazole rings is 1. The van der Waals surface area contributed by atoms with Crippen molar-refractivity contribution in [3.63, 3.8) is 0 Å². The van der Waals surface area contributed by atoms with Crippen molar-refractivity contribution in [2.24, 2.45) is 0 Å². The van der Waals surface area contributed by atoms with E-state index in [1.165, 1.54) is 55.9 Å². The molecule has 0 N–H and O–H groups in total. The molecule has 1 aromatic heterocycles. The van der Waals surface area contributed by atoms with Crippen LogP contribution >= 0.6 is 0 Å². The van der Waals surface area contributed by atoms with E-state index in [9.17, 15) is 0 Å². The molecule has 0 unspecified atom stereocenters. The number of para-hydroxylation sites is 6. The van der Waals surface area contributed by atoms with E-state index < -0.39 is 5.41 Å². The molecular weight excluding hydrogens is 643 g/mol. The minimum atomic E-state index is -0.455. The Labute approximate surface area is 308 Å². The first-order valence-corrected chi connectivity index (χ1v) is 18.2. The van der Waals surface area contributed by atoms with Gasteiger partial charge in [-0.2, -0.15) is 0 Å². The average molecular weight is 676 g/mol. The highest BCUT2D eigenvalue weighted by Crippen LogP contribution is 2.63. The van der Waals surface area contributed by atoms with Gasteiger partial charge in [0.1, 0.15) is 5.82 Å². The molecule has 1 aliphatic carbocycles. The third-order valence-corrected chi connectivity index (χ3v) is 11.2. The van der Waals surface area contributed by atoms with Crippen LogP contribution in [0.15, 0.2) is 200 Å². The van der Waals surface area contributed by atoms with Crippen LogP contribution in [0.25, 0.3) is 50.4 Å². The van der Waals surface area contributed by atoms with E-state index in [-0.39, 0.29) is 0 Å². The van der Waals surface area contributed by atoms with E-state index >= 15 is 0 Å². The van der Waals surface area contributed by atoms with Crippen LogP contribution in [-0.2, 0) is 5.41 Å². The second-order valence-corrected chi connectivity index (χ2v) is 13.9. The third kappa shape index (κ3) is 4.25.